The van der Waals surface area contributed by atoms with Crippen molar-refractivity contribution in [2.45, 2.75) is 98.5 Å². The van der Waals surface area contributed by atoms with Crippen LogP contribution in [0.5, 0.6) is 0 Å². The van der Waals surface area contributed by atoms with Crippen LogP contribution < -0.4 is 0 Å². The van der Waals surface area contributed by atoms with Gasteiger partial charge in [-0.25, -0.2) is 0 Å². The number of hydrogen-bond acceptors (Lipinski definition) is 2. The Morgan fingerprint density at radius 1 is 1.10 bits per heavy atom. The molecule has 2 nitrogen and oxygen atoms in total. The SMILES string of the molecule is CC(C)C(=O)CC[C@@H](C)[C@H]1CC[C@H]2C3=CC=C4CCCC(O)[C@]4(C)[C@H]3CC[C@]12C. The normalized spacial score (nSPS) is 42.4. The number of allylic oxidation sites excluding steroid dienone is 3. The Morgan fingerprint density at radius 3 is 2.59 bits per heavy atom. The van der Waals surface area contributed by atoms with Gasteiger partial charge < -0.3 is 5.11 Å². The zero-order valence-electron chi connectivity index (χ0n) is 19.3. The molecule has 0 aromatic rings. The Labute approximate surface area is 178 Å². The standard InChI is InChI=1S/C27H42O2/c1-17(2)24(28)14-9-18(3)21-12-13-22-20-11-10-19-7-6-8-25(29)27(19,5)23(20)15-16-26(21,22)4/h10-11,17-18,21-23,25,29H,6-9,12-16H2,1-5H3/t18-,21-,22+,23+,25?,26-,27+/m1/s1. The second-order valence-electron chi connectivity index (χ2n) is 11.5. The minimum Gasteiger partial charge on any atom is -0.392 e. The molecule has 0 saturated heterocycles. The van der Waals surface area contributed by atoms with Crippen molar-refractivity contribution in [3.8, 4) is 0 Å². The summed E-state index contributed by atoms with van der Waals surface area (Å²) in [5.41, 5.74) is 3.49. The van der Waals surface area contributed by atoms with Crippen molar-refractivity contribution in [1.29, 1.82) is 0 Å². The fourth-order valence-corrected chi connectivity index (χ4v) is 7.89. The maximum atomic E-state index is 12.2. The van der Waals surface area contributed by atoms with Gasteiger partial charge in [0.05, 0.1) is 6.10 Å². The van der Waals surface area contributed by atoms with E-state index in [2.05, 4.69) is 32.9 Å². The number of hydrogen-bond donors (Lipinski definition) is 1. The smallest absolute Gasteiger partial charge is 0.135 e. The zero-order chi connectivity index (χ0) is 21.0. The monoisotopic (exact) mass is 398 g/mol. The van der Waals surface area contributed by atoms with E-state index >= 15 is 0 Å². The molecule has 0 heterocycles. The first-order chi connectivity index (χ1) is 13.7. The molecule has 0 bridgehead atoms. The lowest BCUT2D eigenvalue weighted by molar-refractivity contribution is -0.122. The molecule has 0 aliphatic heterocycles. The number of aliphatic hydroxyl groups is 1. The van der Waals surface area contributed by atoms with E-state index in [0.717, 1.165) is 31.6 Å². The van der Waals surface area contributed by atoms with Crippen LogP contribution in [-0.2, 0) is 4.79 Å². The van der Waals surface area contributed by atoms with Gasteiger partial charge in [0.15, 0.2) is 0 Å². The maximum absolute atomic E-state index is 12.2. The van der Waals surface area contributed by atoms with Crippen LogP contribution in [0.25, 0.3) is 0 Å². The highest BCUT2D eigenvalue weighted by Crippen LogP contribution is 2.66. The number of ketones is 1. The summed E-state index contributed by atoms with van der Waals surface area (Å²) in [4.78, 5) is 12.2. The molecule has 0 spiro atoms. The van der Waals surface area contributed by atoms with Gasteiger partial charge in [0, 0.05) is 17.8 Å². The van der Waals surface area contributed by atoms with Gasteiger partial charge >= 0.3 is 0 Å². The minimum atomic E-state index is -0.182. The summed E-state index contributed by atoms with van der Waals surface area (Å²) in [6.45, 7) is 11.4. The number of carbonyl (C=O) groups excluding carboxylic acids is 1. The average Bonchev–Trinajstić information content (AvgIpc) is 3.04. The highest BCUT2D eigenvalue weighted by atomic mass is 16.3. The molecule has 1 N–H and O–H groups in total. The van der Waals surface area contributed by atoms with Gasteiger partial charge in [-0.15, -0.1) is 0 Å². The first kappa shape index (κ1) is 21.3. The Bertz CT molecular complexity index is 716. The van der Waals surface area contributed by atoms with Crippen LogP contribution in [0.4, 0.5) is 0 Å². The third kappa shape index (κ3) is 3.29. The first-order valence-corrected chi connectivity index (χ1v) is 12.3. The molecule has 3 saturated carbocycles. The average molecular weight is 399 g/mol. The van der Waals surface area contributed by atoms with Gasteiger partial charge in [0.2, 0.25) is 0 Å². The zero-order valence-corrected chi connectivity index (χ0v) is 19.3. The summed E-state index contributed by atoms with van der Waals surface area (Å²) in [5.74, 6) is 3.14. The second kappa shape index (κ2) is 7.66. The van der Waals surface area contributed by atoms with Gasteiger partial charge in [0.1, 0.15) is 5.78 Å². The van der Waals surface area contributed by atoms with E-state index < -0.39 is 0 Å². The summed E-state index contributed by atoms with van der Waals surface area (Å²) >= 11 is 0. The van der Waals surface area contributed by atoms with Crippen molar-refractivity contribution >= 4 is 5.78 Å². The predicted octanol–water partition coefficient (Wildman–Crippen LogP) is 6.49. The summed E-state index contributed by atoms with van der Waals surface area (Å²) in [6, 6.07) is 0. The first-order valence-electron chi connectivity index (χ1n) is 12.3. The minimum absolute atomic E-state index is 0.0307. The number of carbonyl (C=O) groups is 1. The number of fused-ring (bicyclic) bond motifs is 5. The van der Waals surface area contributed by atoms with E-state index in [-0.39, 0.29) is 17.4 Å². The van der Waals surface area contributed by atoms with E-state index in [9.17, 15) is 9.90 Å². The van der Waals surface area contributed by atoms with Crippen LogP contribution in [-0.4, -0.2) is 17.0 Å². The Morgan fingerprint density at radius 2 is 1.86 bits per heavy atom. The highest BCUT2D eigenvalue weighted by Gasteiger charge is 2.58. The lowest BCUT2D eigenvalue weighted by atomic mass is 9.49. The molecule has 4 aliphatic carbocycles. The molecule has 2 heteroatoms. The third-order valence-electron chi connectivity index (χ3n) is 9.87. The van der Waals surface area contributed by atoms with E-state index in [0.29, 0.717) is 29.0 Å². The van der Waals surface area contributed by atoms with Crippen molar-refractivity contribution in [3.63, 3.8) is 0 Å². The van der Waals surface area contributed by atoms with Gasteiger partial charge in [-0.2, -0.15) is 0 Å². The molecule has 0 radical (unpaired) electrons. The van der Waals surface area contributed by atoms with Crippen molar-refractivity contribution in [2.24, 2.45) is 40.4 Å². The summed E-state index contributed by atoms with van der Waals surface area (Å²) in [6.07, 6.45) is 14.8. The van der Waals surface area contributed by atoms with Crippen LogP contribution in [0.1, 0.15) is 92.4 Å². The lowest BCUT2D eigenvalue weighted by Gasteiger charge is -2.56. The molecular formula is C27H42O2. The fourth-order valence-electron chi connectivity index (χ4n) is 7.89. The third-order valence-corrected chi connectivity index (χ3v) is 9.87. The van der Waals surface area contributed by atoms with E-state index in [4.69, 9.17) is 0 Å². The molecule has 0 amide bonds. The summed E-state index contributed by atoms with van der Waals surface area (Å²) in [5, 5.41) is 11.0. The lowest BCUT2D eigenvalue weighted by Crippen LogP contribution is -2.50. The molecule has 3 fully saturated rings. The second-order valence-corrected chi connectivity index (χ2v) is 11.5. The molecule has 162 valence electrons. The van der Waals surface area contributed by atoms with Crippen LogP contribution in [0.2, 0.25) is 0 Å². The summed E-state index contributed by atoms with van der Waals surface area (Å²) < 4.78 is 0. The molecule has 0 aromatic carbocycles. The Hall–Kier alpha value is -0.890. The van der Waals surface area contributed by atoms with E-state index in [1.54, 1.807) is 5.57 Å². The van der Waals surface area contributed by atoms with E-state index in [1.165, 1.54) is 37.7 Å². The van der Waals surface area contributed by atoms with Crippen molar-refractivity contribution in [3.05, 3.63) is 23.3 Å². The topological polar surface area (TPSA) is 37.3 Å². The molecule has 4 rings (SSSR count). The van der Waals surface area contributed by atoms with Crippen molar-refractivity contribution in [2.75, 3.05) is 0 Å². The Balaban J connectivity index is 1.55. The maximum Gasteiger partial charge on any atom is 0.135 e. The van der Waals surface area contributed by atoms with Crippen LogP contribution in [0.3, 0.4) is 0 Å². The van der Waals surface area contributed by atoms with E-state index in [1.807, 2.05) is 13.8 Å². The van der Waals surface area contributed by atoms with Gasteiger partial charge in [-0.1, -0.05) is 57.9 Å². The summed E-state index contributed by atoms with van der Waals surface area (Å²) in [7, 11) is 0. The van der Waals surface area contributed by atoms with Gasteiger partial charge in [-0.3, -0.25) is 4.79 Å². The molecular weight excluding hydrogens is 356 g/mol. The molecule has 29 heavy (non-hydrogen) atoms. The van der Waals surface area contributed by atoms with Crippen molar-refractivity contribution in [1.82, 2.24) is 0 Å². The molecule has 7 atom stereocenters. The predicted molar refractivity (Wildman–Crippen MR) is 119 cm³/mol. The van der Waals surface area contributed by atoms with Crippen molar-refractivity contribution < 1.29 is 9.90 Å². The highest BCUT2D eigenvalue weighted by molar-refractivity contribution is 5.80. The molecule has 0 aromatic heterocycles. The van der Waals surface area contributed by atoms with Gasteiger partial charge in [0.25, 0.3) is 0 Å². The number of rotatable bonds is 5. The molecule has 4 aliphatic rings. The number of Topliss-reactive ketones (excluding diaryl/α,β-unsaturated/α-hetero) is 1. The number of aliphatic hydroxyl groups excluding tert-OH is 1. The van der Waals surface area contributed by atoms with Crippen LogP contribution in [0.15, 0.2) is 23.3 Å². The molecule has 1 unspecified atom stereocenters. The van der Waals surface area contributed by atoms with Crippen LogP contribution in [0, 0.1) is 40.4 Å². The van der Waals surface area contributed by atoms with Crippen LogP contribution >= 0.6 is 0 Å². The van der Waals surface area contributed by atoms with Gasteiger partial charge in [-0.05, 0) is 80.5 Å². The Kier molecular flexibility index (Phi) is 5.64. The quantitative estimate of drug-likeness (QED) is 0.575. The largest absolute Gasteiger partial charge is 0.392 e. The fraction of sp³-hybridized carbons (Fsp3) is 0.815.